The molecule has 30 heavy (non-hydrogen) atoms. The first-order valence-electron chi connectivity index (χ1n) is 10.6. The standard InChI is InChI=1S/C22H27F3N4O/c1-14-7-9-16(10-8-14)18-11-19(22(23,24)25)29-20(28-18)17(13-27-29)21(30)26-12-15-5-3-2-4-6-15/h7-10,13,15,18-19,28H,2-6,11-12H2,1H3,(H,26,30)/t18-,19+/m1/s1. The molecule has 8 heteroatoms. The summed E-state index contributed by atoms with van der Waals surface area (Å²) in [6, 6.07) is 5.09. The fourth-order valence-corrected chi connectivity index (χ4v) is 4.47. The molecular weight excluding hydrogens is 393 g/mol. The molecule has 0 spiro atoms. The molecule has 1 aromatic heterocycles. The van der Waals surface area contributed by atoms with Crippen LogP contribution in [-0.2, 0) is 0 Å². The van der Waals surface area contributed by atoms with Crippen molar-refractivity contribution >= 4 is 11.7 Å². The van der Waals surface area contributed by atoms with E-state index in [0.29, 0.717) is 12.5 Å². The SMILES string of the molecule is Cc1ccc([C@H]2C[C@@H](C(F)(F)F)n3ncc(C(=O)NCC4CCCCC4)c3N2)cc1. The average Bonchev–Trinajstić information content (AvgIpc) is 3.16. The number of nitrogens with one attached hydrogen (secondary N) is 2. The molecule has 0 saturated heterocycles. The topological polar surface area (TPSA) is 59.0 Å². The predicted octanol–water partition coefficient (Wildman–Crippen LogP) is 5.16. The van der Waals surface area contributed by atoms with Crippen molar-refractivity contribution in [3.8, 4) is 0 Å². The van der Waals surface area contributed by atoms with Crippen LogP contribution in [-0.4, -0.2) is 28.4 Å². The zero-order chi connectivity index (χ0) is 21.3. The number of fused-ring (bicyclic) bond motifs is 1. The number of amides is 1. The van der Waals surface area contributed by atoms with Crippen LogP contribution in [0.4, 0.5) is 19.0 Å². The summed E-state index contributed by atoms with van der Waals surface area (Å²) in [6.45, 7) is 2.48. The van der Waals surface area contributed by atoms with Crippen LogP contribution >= 0.6 is 0 Å². The molecular formula is C22H27F3N4O. The Kier molecular flexibility index (Phi) is 5.75. The van der Waals surface area contributed by atoms with Crippen molar-refractivity contribution in [3.63, 3.8) is 0 Å². The fraction of sp³-hybridized carbons (Fsp3) is 0.545. The molecule has 2 aromatic rings. The van der Waals surface area contributed by atoms with Crippen molar-refractivity contribution in [2.24, 2.45) is 5.92 Å². The van der Waals surface area contributed by atoms with Gasteiger partial charge in [-0.2, -0.15) is 18.3 Å². The third-order valence-electron chi connectivity index (χ3n) is 6.24. The van der Waals surface area contributed by atoms with Gasteiger partial charge in [0.25, 0.3) is 5.91 Å². The van der Waals surface area contributed by atoms with Crippen molar-refractivity contribution in [3.05, 3.63) is 47.2 Å². The fourth-order valence-electron chi connectivity index (χ4n) is 4.47. The number of hydrogen-bond donors (Lipinski definition) is 2. The maximum absolute atomic E-state index is 13.8. The number of anilines is 1. The third kappa shape index (κ3) is 4.32. The number of alkyl halides is 3. The Morgan fingerprint density at radius 3 is 2.57 bits per heavy atom. The summed E-state index contributed by atoms with van der Waals surface area (Å²) in [6.07, 6.45) is 2.32. The smallest absolute Gasteiger partial charge is 0.363 e. The molecule has 1 aromatic carbocycles. The van der Waals surface area contributed by atoms with Crippen LogP contribution in [0.2, 0.25) is 0 Å². The van der Waals surface area contributed by atoms with Gasteiger partial charge in [0.1, 0.15) is 11.4 Å². The van der Waals surface area contributed by atoms with Gasteiger partial charge in [0.15, 0.2) is 6.04 Å². The van der Waals surface area contributed by atoms with E-state index in [1.54, 1.807) is 0 Å². The van der Waals surface area contributed by atoms with Crippen molar-refractivity contribution in [2.75, 3.05) is 11.9 Å². The zero-order valence-electron chi connectivity index (χ0n) is 17.0. The van der Waals surface area contributed by atoms with E-state index < -0.39 is 18.3 Å². The van der Waals surface area contributed by atoms with Gasteiger partial charge in [0, 0.05) is 13.0 Å². The van der Waals surface area contributed by atoms with E-state index >= 15 is 0 Å². The van der Waals surface area contributed by atoms with Crippen LogP contribution in [0.3, 0.4) is 0 Å². The molecule has 1 aliphatic carbocycles. The molecule has 1 aliphatic heterocycles. The first-order valence-corrected chi connectivity index (χ1v) is 10.6. The second kappa shape index (κ2) is 8.32. The number of aromatic nitrogens is 2. The Hall–Kier alpha value is -2.51. The number of aryl methyl sites for hydroxylation is 1. The molecule has 0 bridgehead atoms. The molecule has 1 fully saturated rings. The number of nitrogens with zero attached hydrogens (tertiary/aromatic N) is 2. The van der Waals surface area contributed by atoms with E-state index in [4.69, 9.17) is 0 Å². The maximum atomic E-state index is 13.8. The first-order chi connectivity index (χ1) is 14.3. The second-order valence-corrected chi connectivity index (χ2v) is 8.47. The summed E-state index contributed by atoms with van der Waals surface area (Å²) < 4.78 is 42.3. The summed E-state index contributed by atoms with van der Waals surface area (Å²) in [5.41, 5.74) is 1.96. The quantitative estimate of drug-likeness (QED) is 0.718. The lowest BCUT2D eigenvalue weighted by Crippen LogP contribution is -2.37. The van der Waals surface area contributed by atoms with Gasteiger partial charge >= 0.3 is 6.18 Å². The molecule has 0 radical (unpaired) electrons. The molecule has 162 valence electrons. The molecule has 2 aliphatic rings. The van der Waals surface area contributed by atoms with E-state index in [1.165, 1.54) is 12.6 Å². The Morgan fingerprint density at radius 1 is 1.20 bits per heavy atom. The van der Waals surface area contributed by atoms with Gasteiger partial charge < -0.3 is 10.6 Å². The molecule has 2 atom stereocenters. The Balaban J connectivity index is 1.57. The summed E-state index contributed by atoms with van der Waals surface area (Å²) in [4.78, 5) is 12.8. The van der Waals surface area contributed by atoms with E-state index in [1.807, 2.05) is 31.2 Å². The van der Waals surface area contributed by atoms with Gasteiger partial charge in [-0.05, 0) is 31.2 Å². The van der Waals surface area contributed by atoms with Crippen LogP contribution in [0.25, 0.3) is 0 Å². The number of halogens is 3. The lowest BCUT2D eigenvalue weighted by atomic mass is 9.89. The monoisotopic (exact) mass is 420 g/mol. The third-order valence-corrected chi connectivity index (χ3v) is 6.24. The Morgan fingerprint density at radius 2 is 1.90 bits per heavy atom. The minimum atomic E-state index is -4.46. The van der Waals surface area contributed by atoms with Crippen molar-refractivity contribution < 1.29 is 18.0 Å². The number of carbonyl (C=O) groups excluding carboxylic acids is 1. The highest BCUT2D eigenvalue weighted by Crippen LogP contribution is 2.44. The average molecular weight is 420 g/mol. The van der Waals surface area contributed by atoms with Gasteiger partial charge in [-0.15, -0.1) is 0 Å². The normalized spacial score (nSPS) is 22.3. The lowest BCUT2D eigenvalue weighted by molar-refractivity contribution is -0.173. The van der Waals surface area contributed by atoms with Crippen molar-refractivity contribution in [1.82, 2.24) is 15.1 Å². The number of carbonyl (C=O) groups is 1. The first kappa shape index (κ1) is 20.8. The number of hydrogen-bond acceptors (Lipinski definition) is 3. The Bertz CT molecular complexity index is 885. The van der Waals surface area contributed by atoms with Crippen LogP contribution in [0.1, 0.15) is 72.1 Å². The van der Waals surface area contributed by atoms with Crippen LogP contribution in [0.5, 0.6) is 0 Å². The molecule has 4 rings (SSSR count). The van der Waals surface area contributed by atoms with Gasteiger partial charge in [-0.3, -0.25) is 4.79 Å². The van der Waals surface area contributed by atoms with Gasteiger partial charge in [-0.1, -0.05) is 49.1 Å². The zero-order valence-corrected chi connectivity index (χ0v) is 17.0. The highest BCUT2D eigenvalue weighted by molar-refractivity contribution is 5.98. The van der Waals surface area contributed by atoms with Gasteiger partial charge in [-0.25, -0.2) is 4.68 Å². The minimum absolute atomic E-state index is 0.135. The van der Waals surface area contributed by atoms with E-state index in [0.717, 1.165) is 41.5 Å². The molecule has 2 N–H and O–H groups in total. The number of benzene rings is 1. The summed E-state index contributed by atoms with van der Waals surface area (Å²) in [7, 11) is 0. The molecule has 1 amide bonds. The number of rotatable bonds is 4. The van der Waals surface area contributed by atoms with Crippen LogP contribution in [0, 0.1) is 12.8 Å². The van der Waals surface area contributed by atoms with E-state index in [2.05, 4.69) is 15.7 Å². The summed E-state index contributed by atoms with van der Waals surface area (Å²) >= 11 is 0. The molecule has 2 heterocycles. The predicted molar refractivity (Wildman–Crippen MR) is 108 cm³/mol. The van der Waals surface area contributed by atoms with Gasteiger partial charge in [0.05, 0.1) is 12.2 Å². The second-order valence-electron chi connectivity index (χ2n) is 8.47. The molecule has 1 saturated carbocycles. The molecule has 0 unspecified atom stereocenters. The summed E-state index contributed by atoms with van der Waals surface area (Å²) in [5.74, 6) is 0.195. The van der Waals surface area contributed by atoms with Gasteiger partial charge in [0.2, 0.25) is 0 Å². The van der Waals surface area contributed by atoms with Crippen molar-refractivity contribution in [2.45, 2.75) is 63.7 Å². The van der Waals surface area contributed by atoms with E-state index in [-0.39, 0.29) is 23.7 Å². The minimum Gasteiger partial charge on any atom is -0.363 e. The summed E-state index contributed by atoms with van der Waals surface area (Å²) in [5, 5.41) is 9.98. The van der Waals surface area contributed by atoms with Crippen LogP contribution < -0.4 is 10.6 Å². The molecule has 5 nitrogen and oxygen atoms in total. The Labute approximate surface area is 174 Å². The van der Waals surface area contributed by atoms with Crippen molar-refractivity contribution in [1.29, 1.82) is 0 Å². The lowest BCUT2D eigenvalue weighted by Gasteiger charge is -2.34. The van der Waals surface area contributed by atoms with Crippen LogP contribution in [0.15, 0.2) is 30.5 Å². The highest BCUT2D eigenvalue weighted by atomic mass is 19.4. The highest BCUT2D eigenvalue weighted by Gasteiger charge is 2.47. The maximum Gasteiger partial charge on any atom is 0.410 e. The largest absolute Gasteiger partial charge is 0.410 e. The van der Waals surface area contributed by atoms with E-state index in [9.17, 15) is 18.0 Å².